The molecule has 0 atom stereocenters. The number of thiocarbonyl (C=S) groups is 1. The molecular formula is C18H17N5O4S2. The van der Waals surface area contributed by atoms with Crippen LogP contribution in [0.4, 0.5) is 5.95 Å². The van der Waals surface area contributed by atoms with Gasteiger partial charge in [-0.3, -0.25) is 4.72 Å². The third-order valence-corrected chi connectivity index (χ3v) is 5.19. The lowest BCUT2D eigenvalue weighted by Gasteiger charge is -2.14. The molecule has 0 saturated heterocycles. The van der Waals surface area contributed by atoms with Crippen molar-refractivity contribution in [2.45, 2.75) is 11.8 Å². The molecule has 0 unspecified atom stereocenters. The van der Waals surface area contributed by atoms with Crippen molar-refractivity contribution in [1.82, 2.24) is 19.7 Å². The third kappa shape index (κ3) is 5.36. The number of para-hydroxylation sites is 2. The van der Waals surface area contributed by atoms with Crippen molar-refractivity contribution >= 4 is 33.3 Å². The largest absolute Gasteiger partial charge is 0.467 e. The normalized spacial score (nSPS) is 10.8. The second-order valence-corrected chi connectivity index (χ2v) is 7.67. The number of nitrogens with zero attached hydrogens (tertiary/aromatic N) is 3. The quantitative estimate of drug-likeness (QED) is 0.568. The minimum Gasteiger partial charge on any atom is -0.467 e. The Morgan fingerprint density at radius 3 is 2.41 bits per heavy atom. The summed E-state index contributed by atoms with van der Waals surface area (Å²) < 4.78 is 38.6. The zero-order chi connectivity index (χ0) is 20.9. The van der Waals surface area contributed by atoms with E-state index in [0.717, 1.165) is 0 Å². The Bertz CT molecular complexity index is 1120. The zero-order valence-electron chi connectivity index (χ0n) is 15.5. The molecule has 0 saturated carbocycles. The molecule has 11 heteroatoms. The number of ether oxygens (including phenoxy) is 2. The fraction of sp³-hybridized carbons (Fsp3) is 0.111. The van der Waals surface area contributed by atoms with Gasteiger partial charge in [-0.05, 0) is 43.4 Å². The maximum Gasteiger partial charge on any atom is 0.321 e. The van der Waals surface area contributed by atoms with Gasteiger partial charge in [0.25, 0.3) is 10.0 Å². The van der Waals surface area contributed by atoms with Crippen molar-refractivity contribution < 1.29 is 17.9 Å². The van der Waals surface area contributed by atoms with Crippen molar-refractivity contribution in [2.75, 3.05) is 12.4 Å². The molecule has 3 rings (SSSR count). The van der Waals surface area contributed by atoms with Crippen LogP contribution in [-0.2, 0) is 10.0 Å². The molecule has 0 aliphatic carbocycles. The first-order valence-electron chi connectivity index (χ1n) is 8.30. The molecule has 1 heterocycles. The zero-order valence-corrected chi connectivity index (χ0v) is 17.1. The minimum atomic E-state index is -4.04. The molecule has 150 valence electrons. The first-order valence-corrected chi connectivity index (χ1v) is 10.2. The number of anilines is 1. The minimum absolute atomic E-state index is 0.0517. The van der Waals surface area contributed by atoms with Gasteiger partial charge >= 0.3 is 6.01 Å². The van der Waals surface area contributed by atoms with E-state index in [9.17, 15) is 8.42 Å². The summed E-state index contributed by atoms with van der Waals surface area (Å²) >= 11 is 5.10. The molecule has 0 spiro atoms. The molecule has 3 aromatic rings. The van der Waals surface area contributed by atoms with Crippen LogP contribution < -0.4 is 19.5 Å². The lowest BCUT2D eigenvalue weighted by Crippen LogP contribution is -2.35. The number of benzene rings is 2. The van der Waals surface area contributed by atoms with Gasteiger partial charge in [-0.15, -0.1) is 0 Å². The topological polar surface area (TPSA) is 115 Å². The van der Waals surface area contributed by atoms with Crippen LogP contribution in [0.1, 0.15) is 5.82 Å². The average molecular weight is 431 g/mol. The Balaban J connectivity index is 1.79. The van der Waals surface area contributed by atoms with Gasteiger partial charge in [0.2, 0.25) is 5.95 Å². The fourth-order valence-electron chi connectivity index (χ4n) is 2.28. The summed E-state index contributed by atoms with van der Waals surface area (Å²) in [5.74, 6) is 1.10. The summed E-state index contributed by atoms with van der Waals surface area (Å²) in [4.78, 5) is 11.9. The Morgan fingerprint density at radius 1 is 1.00 bits per heavy atom. The number of aromatic nitrogens is 3. The maximum absolute atomic E-state index is 12.8. The van der Waals surface area contributed by atoms with Crippen LogP contribution in [0, 0.1) is 6.92 Å². The summed E-state index contributed by atoms with van der Waals surface area (Å²) in [7, 11) is -2.63. The molecule has 2 N–H and O–H groups in total. The molecular weight excluding hydrogens is 414 g/mol. The van der Waals surface area contributed by atoms with Crippen LogP contribution in [0.5, 0.6) is 17.5 Å². The van der Waals surface area contributed by atoms with E-state index in [-0.39, 0.29) is 27.7 Å². The second kappa shape index (κ2) is 8.80. The summed E-state index contributed by atoms with van der Waals surface area (Å²) in [5, 5.41) is 2.40. The van der Waals surface area contributed by atoms with Crippen LogP contribution in [0.25, 0.3) is 0 Å². The number of sulfonamides is 1. The molecule has 2 aromatic carbocycles. The van der Waals surface area contributed by atoms with E-state index >= 15 is 0 Å². The van der Waals surface area contributed by atoms with Crippen molar-refractivity contribution in [3.63, 3.8) is 0 Å². The molecule has 29 heavy (non-hydrogen) atoms. The van der Waals surface area contributed by atoms with Gasteiger partial charge in [0.15, 0.2) is 5.11 Å². The molecule has 0 aliphatic heterocycles. The standard InChI is InChI=1S/C18H17N5O4S2/c1-12-19-16(21-17(20-12)26-2)22-18(28)23-29(24,25)15-11-7-6-10-14(15)27-13-8-4-3-5-9-13/h3-11H,1-2H3,(H2,19,20,21,22,23,28). The van der Waals surface area contributed by atoms with Gasteiger partial charge in [0, 0.05) is 0 Å². The van der Waals surface area contributed by atoms with Gasteiger partial charge in [0.1, 0.15) is 22.2 Å². The average Bonchev–Trinajstić information content (AvgIpc) is 2.68. The van der Waals surface area contributed by atoms with Crippen LogP contribution in [0.15, 0.2) is 59.5 Å². The third-order valence-electron chi connectivity index (χ3n) is 3.47. The van der Waals surface area contributed by atoms with Crippen molar-refractivity contribution in [2.24, 2.45) is 0 Å². The number of aryl methyl sites for hydroxylation is 1. The SMILES string of the molecule is COc1nc(C)nc(NC(=S)NS(=O)(=O)c2ccccc2Oc2ccccc2)n1. The van der Waals surface area contributed by atoms with E-state index < -0.39 is 10.0 Å². The van der Waals surface area contributed by atoms with Crippen LogP contribution in [0.2, 0.25) is 0 Å². The highest BCUT2D eigenvalue weighted by Crippen LogP contribution is 2.28. The highest BCUT2D eigenvalue weighted by molar-refractivity contribution is 7.92. The van der Waals surface area contributed by atoms with Gasteiger partial charge in [-0.25, -0.2) is 8.42 Å². The highest BCUT2D eigenvalue weighted by atomic mass is 32.2. The lowest BCUT2D eigenvalue weighted by atomic mass is 10.3. The molecule has 1 aromatic heterocycles. The smallest absolute Gasteiger partial charge is 0.321 e. The second-order valence-electron chi connectivity index (χ2n) is 5.61. The summed E-state index contributed by atoms with van der Waals surface area (Å²) in [6, 6.07) is 15.2. The molecule has 9 nitrogen and oxygen atoms in total. The predicted molar refractivity (Wildman–Crippen MR) is 111 cm³/mol. The van der Waals surface area contributed by atoms with Gasteiger partial charge in [0.05, 0.1) is 7.11 Å². The number of nitrogens with one attached hydrogen (secondary N) is 2. The summed E-state index contributed by atoms with van der Waals surface area (Å²) in [6.45, 7) is 1.64. The Labute approximate surface area is 173 Å². The molecule has 0 radical (unpaired) electrons. The molecule has 0 aliphatic rings. The monoisotopic (exact) mass is 431 g/mol. The van der Waals surface area contributed by atoms with E-state index in [1.54, 1.807) is 49.4 Å². The lowest BCUT2D eigenvalue weighted by molar-refractivity contribution is 0.377. The van der Waals surface area contributed by atoms with E-state index in [0.29, 0.717) is 11.6 Å². The highest BCUT2D eigenvalue weighted by Gasteiger charge is 2.21. The molecule has 0 fully saturated rings. The summed E-state index contributed by atoms with van der Waals surface area (Å²) in [6.07, 6.45) is 0. The van der Waals surface area contributed by atoms with Crippen LogP contribution in [0.3, 0.4) is 0 Å². The van der Waals surface area contributed by atoms with Gasteiger partial charge in [-0.1, -0.05) is 30.3 Å². The van der Waals surface area contributed by atoms with E-state index in [2.05, 4.69) is 25.0 Å². The number of rotatable bonds is 6. The Kier molecular flexibility index (Phi) is 6.20. The fourth-order valence-corrected chi connectivity index (χ4v) is 3.74. The van der Waals surface area contributed by atoms with E-state index in [1.807, 2.05) is 6.07 Å². The number of methoxy groups -OCH3 is 1. The van der Waals surface area contributed by atoms with Crippen LogP contribution >= 0.6 is 12.2 Å². The van der Waals surface area contributed by atoms with Gasteiger partial charge in [-0.2, -0.15) is 15.0 Å². The first kappa shape index (κ1) is 20.4. The first-order chi connectivity index (χ1) is 13.9. The van der Waals surface area contributed by atoms with E-state index in [1.165, 1.54) is 13.2 Å². The van der Waals surface area contributed by atoms with Crippen LogP contribution in [-0.4, -0.2) is 35.6 Å². The molecule has 0 bridgehead atoms. The Morgan fingerprint density at radius 2 is 1.69 bits per heavy atom. The van der Waals surface area contributed by atoms with E-state index in [4.69, 9.17) is 21.7 Å². The van der Waals surface area contributed by atoms with Crippen molar-refractivity contribution in [3.05, 3.63) is 60.4 Å². The molecule has 0 amide bonds. The predicted octanol–water partition coefficient (Wildman–Crippen LogP) is 2.66. The number of hydrogen-bond acceptors (Lipinski definition) is 8. The maximum atomic E-state index is 12.8. The van der Waals surface area contributed by atoms with Crippen molar-refractivity contribution in [3.8, 4) is 17.5 Å². The van der Waals surface area contributed by atoms with Crippen molar-refractivity contribution in [1.29, 1.82) is 0 Å². The van der Waals surface area contributed by atoms with Gasteiger partial charge < -0.3 is 14.8 Å². The number of hydrogen-bond donors (Lipinski definition) is 2. The summed E-state index contributed by atoms with van der Waals surface area (Å²) in [5.41, 5.74) is 0. The Hall–Kier alpha value is -3.31.